The average molecular weight is 381 g/mol. The average Bonchev–Trinajstić information content (AvgIpc) is 3.08. The number of nitro groups is 1. The number of carbonyl (C=O) groups is 2. The fourth-order valence-corrected chi connectivity index (χ4v) is 2.97. The van der Waals surface area contributed by atoms with Crippen LogP contribution >= 0.6 is 0 Å². The predicted octanol–water partition coefficient (Wildman–Crippen LogP) is 2.87. The number of hydrogen-bond acceptors (Lipinski definition) is 5. The first-order valence-corrected chi connectivity index (χ1v) is 8.66. The Morgan fingerprint density at radius 2 is 2.00 bits per heavy atom. The van der Waals surface area contributed by atoms with Crippen molar-refractivity contribution >= 4 is 28.5 Å². The van der Waals surface area contributed by atoms with Gasteiger partial charge in [0, 0.05) is 42.6 Å². The molecule has 1 atom stereocenters. The number of H-pyrrole nitrogens is 1. The van der Waals surface area contributed by atoms with Crippen LogP contribution in [0, 0.1) is 10.1 Å². The number of rotatable bonds is 7. The van der Waals surface area contributed by atoms with Gasteiger partial charge < -0.3 is 15.0 Å². The maximum Gasteiger partial charge on any atom is 0.329 e. The molecule has 0 spiro atoms. The second-order valence-electron chi connectivity index (χ2n) is 6.35. The molecule has 1 heterocycles. The minimum Gasteiger partial charge on any atom is -0.459 e. The van der Waals surface area contributed by atoms with Crippen molar-refractivity contribution in [1.82, 2.24) is 10.3 Å². The van der Waals surface area contributed by atoms with Gasteiger partial charge in [-0.1, -0.05) is 30.3 Å². The summed E-state index contributed by atoms with van der Waals surface area (Å²) >= 11 is 0. The van der Waals surface area contributed by atoms with Gasteiger partial charge in [-0.15, -0.1) is 0 Å². The van der Waals surface area contributed by atoms with E-state index in [0.29, 0.717) is 5.56 Å². The van der Waals surface area contributed by atoms with E-state index in [0.717, 1.165) is 16.5 Å². The van der Waals surface area contributed by atoms with Crippen molar-refractivity contribution in [2.45, 2.75) is 26.0 Å². The first kappa shape index (κ1) is 19.1. The Labute approximate surface area is 160 Å². The van der Waals surface area contributed by atoms with Crippen molar-refractivity contribution in [2.75, 3.05) is 0 Å². The Morgan fingerprint density at radius 1 is 1.21 bits per heavy atom. The number of nitro benzene ring substituents is 1. The lowest BCUT2D eigenvalue weighted by molar-refractivity contribution is -0.384. The molecular weight excluding hydrogens is 362 g/mol. The third-order valence-corrected chi connectivity index (χ3v) is 4.26. The first-order valence-electron chi connectivity index (χ1n) is 8.66. The lowest BCUT2D eigenvalue weighted by atomic mass is 10.0. The molecule has 28 heavy (non-hydrogen) atoms. The maximum absolute atomic E-state index is 12.6. The molecule has 144 valence electrons. The zero-order valence-electron chi connectivity index (χ0n) is 15.2. The molecule has 0 unspecified atom stereocenters. The number of para-hydroxylation sites is 1. The number of nitrogens with one attached hydrogen (secondary N) is 2. The summed E-state index contributed by atoms with van der Waals surface area (Å²) in [5, 5.41) is 14.4. The third kappa shape index (κ3) is 4.53. The van der Waals surface area contributed by atoms with Crippen LogP contribution in [0.5, 0.6) is 0 Å². The van der Waals surface area contributed by atoms with Crippen molar-refractivity contribution < 1.29 is 19.2 Å². The Hall–Kier alpha value is -3.68. The molecule has 0 radical (unpaired) electrons. The van der Waals surface area contributed by atoms with Crippen LogP contribution in [0.15, 0.2) is 54.7 Å². The molecule has 0 aliphatic heterocycles. The summed E-state index contributed by atoms with van der Waals surface area (Å²) in [5.41, 5.74) is 2.23. The number of ether oxygens (including phenoxy) is 1. The van der Waals surface area contributed by atoms with Crippen LogP contribution in [-0.4, -0.2) is 27.8 Å². The van der Waals surface area contributed by atoms with E-state index in [1.54, 1.807) is 12.3 Å². The summed E-state index contributed by atoms with van der Waals surface area (Å²) in [6.45, 7) is 1.21. The minimum atomic E-state index is -0.865. The normalized spacial score (nSPS) is 11.8. The number of esters is 1. The highest BCUT2D eigenvalue weighted by atomic mass is 16.6. The van der Waals surface area contributed by atoms with Crippen molar-refractivity contribution in [2.24, 2.45) is 0 Å². The van der Waals surface area contributed by atoms with E-state index >= 15 is 0 Å². The van der Waals surface area contributed by atoms with Gasteiger partial charge in [0.15, 0.2) is 0 Å². The Morgan fingerprint density at radius 3 is 2.75 bits per heavy atom. The molecule has 3 aromatic rings. The van der Waals surface area contributed by atoms with Crippen molar-refractivity contribution in [1.29, 1.82) is 0 Å². The smallest absolute Gasteiger partial charge is 0.329 e. The van der Waals surface area contributed by atoms with E-state index < -0.39 is 16.9 Å². The van der Waals surface area contributed by atoms with Gasteiger partial charge in [0.1, 0.15) is 12.6 Å². The molecule has 0 saturated carbocycles. The summed E-state index contributed by atoms with van der Waals surface area (Å²) in [6.07, 6.45) is 2.06. The highest BCUT2D eigenvalue weighted by Gasteiger charge is 2.23. The largest absolute Gasteiger partial charge is 0.459 e. The second kappa shape index (κ2) is 8.34. The van der Waals surface area contributed by atoms with Crippen molar-refractivity contribution in [3.05, 3.63) is 76.0 Å². The number of fused-ring (bicyclic) bond motifs is 1. The highest BCUT2D eigenvalue weighted by molar-refractivity contribution is 5.86. The first-order chi connectivity index (χ1) is 13.4. The van der Waals surface area contributed by atoms with Gasteiger partial charge in [-0.2, -0.15) is 0 Å². The molecule has 2 aromatic carbocycles. The molecule has 0 aliphatic rings. The van der Waals surface area contributed by atoms with Gasteiger partial charge in [-0.25, -0.2) is 4.79 Å². The van der Waals surface area contributed by atoms with Crippen LogP contribution in [0.2, 0.25) is 0 Å². The highest BCUT2D eigenvalue weighted by Crippen LogP contribution is 2.20. The molecule has 0 fully saturated rings. The lowest BCUT2D eigenvalue weighted by Crippen LogP contribution is -2.42. The zero-order valence-corrected chi connectivity index (χ0v) is 15.2. The van der Waals surface area contributed by atoms with Crippen molar-refractivity contribution in [3.63, 3.8) is 0 Å². The standard InChI is InChI=1S/C20H19N3O5/c1-13(24)22-19(10-15-11-21-18-8-3-2-7-17(15)18)20(25)28-12-14-5-4-6-16(9-14)23(26)27/h2-9,11,19,21H,10,12H2,1H3,(H,22,24)/t19-/m0/s1. The van der Waals surface area contributed by atoms with Crippen LogP contribution in [0.4, 0.5) is 5.69 Å². The number of hydrogen-bond donors (Lipinski definition) is 2. The van der Waals surface area contributed by atoms with Gasteiger partial charge in [-0.05, 0) is 17.2 Å². The molecule has 8 nitrogen and oxygen atoms in total. The fraction of sp³-hybridized carbons (Fsp3) is 0.200. The van der Waals surface area contributed by atoms with Crippen LogP contribution in [0.25, 0.3) is 10.9 Å². The lowest BCUT2D eigenvalue weighted by Gasteiger charge is -2.16. The molecule has 0 saturated heterocycles. The summed E-state index contributed by atoms with van der Waals surface area (Å²) < 4.78 is 5.30. The van der Waals surface area contributed by atoms with E-state index in [1.165, 1.54) is 25.1 Å². The molecular formula is C20H19N3O5. The van der Waals surface area contributed by atoms with Gasteiger partial charge in [0.05, 0.1) is 4.92 Å². The number of aromatic nitrogens is 1. The van der Waals surface area contributed by atoms with Gasteiger partial charge >= 0.3 is 5.97 Å². The number of amides is 1. The molecule has 3 rings (SSSR count). The number of carbonyl (C=O) groups excluding carboxylic acids is 2. The molecule has 2 N–H and O–H groups in total. The minimum absolute atomic E-state index is 0.0780. The van der Waals surface area contributed by atoms with E-state index in [9.17, 15) is 19.7 Å². The summed E-state index contributed by atoms with van der Waals surface area (Å²) in [6, 6.07) is 12.7. The maximum atomic E-state index is 12.6. The van der Waals surface area contributed by atoms with Crippen LogP contribution < -0.4 is 5.32 Å². The molecule has 0 aliphatic carbocycles. The summed E-state index contributed by atoms with van der Waals surface area (Å²) in [5.74, 6) is -0.955. The third-order valence-electron chi connectivity index (χ3n) is 4.26. The number of benzene rings is 2. The Balaban J connectivity index is 1.72. The summed E-state index contributed by atoms with van der Waals surface area (Å²) in [7, 11) is 0. The second-order valence-corrected chi connectivity index (χ2v) is 6.35. The molecule has 1 aromatic heterocycles. The Kier molecular flexibility index (Phi) is 5.69. The van der Waals surface area contributed by atoms with Gasteiger partial charge in [-0.3, -0.25) is 14.9 Å². The predicted molar refractivity (Wildman–Crippen MR) is 102 cm³/mol. The van der Waals surface area contributed by atoms with Crippen LogP contribution in [-0.2, 0) is 27.4 Å². The number of nitrogens with zero attached hydrogens (tertiary/aromatic N) is 1. The van der Waals surface area contributed by atoms with Crippen LogP contribution in [0.1, 0.15) is 18.1 Å². The molecule has 0 bridgehead atoms. The fourth-order valence-electron chi connectivity index (χ4n) is 2.97. The van der Waals surface area contributed by atoms with E-state index in [4.69, 9.17) is 4.74 Å². The van der Waals surface area contributed by atoms with E-state index in [-0.39, 0.29) is 24.6 Å². The van der Waals surface area contributed by atoms with E-state index in [2.05, 4.69) is 10.3 Å². The van der Waals surface area contributed by atoms with E-state index in [1.807, 2.05) is 24.3 Å². The zero-order chi connectivity index (χ0) is 20.1. The van der Waals surface area contributed by atoms with Crippen LogP contribution in [0.3, 0.4) is 0 Å². The Bertz CT molecular complexity index is 1030. The SMILES string of the molecule is CC(=O)N[C@@H](Cc1c[nH]c2ccccc12)C(=O)OCc1cccc([N+](=O)[O-])c1. The summed E-state index contributed by atoms with van der Waals surface area (Å²) in [4.78, 5) is 37.6. The number of aromatic amines is 1. The number of non-ortho nitro benzene ring substituents is 1. The topological polar surface area (TPSA) is 114 Å². The van der Waals surface area contributed by atoms with Gasteiger partial charge in [0.25, 0.3) is 5.69 Å². The molecule has 8 heteroatoms. The quantitative estimate of drug-likeness (QED) is 0.371. The monoisotopic (exact) mass is 381 g/mol. The molecule has 1 amide bonds. The van der Waals surface area contributed by atoms with Crippen molar-refractivity contribution in [3.8, 4) is 0 Å². The van der Waals surface area contributed by atoms with Gasteiger partial charge in [0.2, 0.25) is 5.91 Å².